The largest absolute Gasteiger partial charge is 0.465 e. The lowest BCUT2D eigenvalue weighted by atomic mass is 10.2. The van der Waals surface area contributed by atoms with E-state index in [1.807, 2.05) is 0 Å². The molecule has 1 saturated heterocycles. The zero-order valence-electron chi connectivity index (χ0n) is 13.5. The maximum atomic E-state index is 12.7. The van der Waals surface area contributed by atoms with Crippen molar-refractivity contribution in [2.45, 2.75) is 17.7 Å². The minimum Gasteiger partial charge on any atom is -0.465 e. The molecule has 0 aliphatic carbocycles. The quantitative estimate of drug-likeness (QED) is 0.653. The first kappa shape index (κ1) is 18.9. The standard InChI is InChI=1S/C15H19BrN2O5S/c1-17(8-9-18-7-3-4-14(18)19)24(21,22)13-10-11(15(20)23-2)5-6-12(13)16/h5-6,10H,3-4,7-9H2,1-2H3. The summed E-state index contributed by atoms with van der Waals surface area (Å²) in [6.07, 6.45) is 1.32. The first-order valence-corrected chi connectivity index (χ1v) is 9.62. The average molecular weight is 419 g/mol. The number of likely N-dealkylation sites (N-methyl/N-ethyl adjacent to an activating group) is 1. The van der Waals surface area contributed by atoms with Crippen molar-refractivity contribution < 1.29 is 22.7 Å². The van der Waals surface area contributed by atoms with Crippen molar-refractivity contribution in [1.29, 1.82) is 0 Å². The lowest BCUT2D eigenvalue weighted by Crippen LogP contribution is -2.37. The van der Waals surface area contributed by atoms with Crippen LogP contribution in [0.5, 0.6) is 0 Å². The van der Waals surface area contributed by atoms with Crippen molar-refractivity contribution in [3.8, 4) is 0 Å². The summed E-state index contributed by atoms with van der Waals surface area (Å²) in [5, 5.41) is 0. The number of benzene rings is 1. The second-order valence-electron chi connectivity index (χ2n) is 5.45. The molecule has 132 valence electrons. The third-order valence-electron chi connectivity index (χ3n) is 3.90. The molecule has 0 unspecified atom stereocenters. The van der Waals surface area contributed by atoms with E-state index in [9.17, 15) is 18.0 Å². The lowest BCUT2D eigenvalue weighted by molar-refractivity contribution is -0.127. The van der Waals surface area contributed by atoms with Crippen LogP contribution in [0.4, 0.5) is 0 Å². The van der Waals surface area contributed by atoms with Crippen molar-refractivity contribution in [3.05, 3.63) is 28.2 Å². The molecule has 1 heterocycles. The third-order valence-corrected chi connectivity index (χ3v) is 6.75. The zero-order chi connectivity index (χ0) is 17.9. The number of halogens is 1. The Morgan fingerprint density at radius 3 is 2.71 bits per heavy atom. The molecule has 1 aliphatic rings. The Bertz CT molecular complexity index is 750. The number of carbonyl (C=O) groups excluding carboxylic acids is 2. The van der Waals surface area contributed by atoms with Gasteiger partial charge < -0.3 is 9.64 Å². The van der Waals surface area contributed by atoms with Gasteiger partial charge in [0.1, 0.15) is 0 Å². The zero-order valence-corrected chi connectivity index (χ0v) is 15.9. The molecule has 0 atom stereocenters. The van der Waals surface area contributed by atoms with Gasteiger partial charge in [-0.25, -0.2) is 13.2 Å². The number of methoxy groups -OCH3 is 1. The van der Waals surface area contributed by atoms with Crippen LogP contribution in [-0.4, -0.2) is 63.3 Å². The van der Waals surface area contributed by atoms with E-state index in [1.54, 1.807) is 4.90 Å². The fourth-order valence-corrected chi connectivity index (χ4v) is 4.54. The van der Waals surface area contributed by atoms with Crippen LogP contribution in [-0.2, 0) is 19.6 Å². The number of sulfonamides is 1. The van der Waals surface area contributed by atoms with E-state index in [2.05, 4.69) is 20.7 Å². The Hall–Kier alpha value is -1.45. The monoisotopic (exact) mass is 418 g/mol. The molecule has 0 radical (unpaired) electrons. The molecule has 1 aliphatic heterocycles. The first-order chi connectivity index (χ1) is 11.3. The second-order valence-corrected chi connectivity index (χ2v) is 8.32. The number of nitrogens with zero attached hydrogens (tertiary/aromatic N) is 2. The lowest BCUT2D eigenvalue weighted by Gasteiger charge is -2.22. The number of likely N-dealkylation sites (tertiary alicyclic amines) is 1. The van der Waals surface area contributed by atoms with Crippen molar-refractivity contribution in [2.24, 2.45) is 0 Å². The normalized spacial score (nSPS) is 15.2. The van der Waals surface area contributed by atoms with Gasteiger partial charge in [0.25, 0.3) is 0 Å². The van der Waals surface area contributed by atoms with Crippen LogP contribution >= 0.6 is 15.9 Å². The molecule has 1 aromatic rings. The van der Waals surface area contributed by atoms with Gasteiger partial charge in [-0.05, 0) is 40.5 Å². The predicted octanol–water partition coefficient (Wildman–Crippen LogP) is 1.48. The molecule has 9 heteroatoms. The molecule has 0 aromatic heterocycles. The third kappa shape index (κ3) is 3.96. The fraction of sp³-hybridized carbons (Fsp3) is 0.467. The summed E-state index contributed by atoms with van der Waals surface area (Å²) in [4.78, 5) is 24.9. The minimum absolute atomic E-state index is 0.0133. The molecule has 1 aromatic carbocycles. The number of rotatable bonds is 6. The number of esters is 1. The van der Waals surface area contributed by atoms with E-state index in [1.165, 1.54) is 36.7 Å². The van der Waals surface area contributed by atoms with Gasteiger partial charge in [0.2, 0.25) is 15.9 Å². The van der Waals surface area contributed by atoms with E-state index >= 15 is 0 Å². The van der Waals surface area contributed by atoms with Crippen LogP contribution < -0.4 is 0 Å². The van der Waals surface area contributed by atoms with Crippen LogP contribution in [0.25, 0.3) is 0 Å². The fourth-order valence-electron chi connectivity index (χ4n) is 2.44. The summed E-state index contributed by atoms with van der Waals surface area (Å²) < 4.78 is 31.7. The van der Waals surface area contributed by atoms with Crippen LogP contribution in [0.2, 0.25) is 0 Å². The number of hydrogen-bond donors (Lipinski definition) is 0. The number of amides is 1. The van der Waals surface area contributed by atoms with E-state index < -0.39 is 16.0 Å². The number of carbonyl (C=O) groups is 2. The Kier molecular flexibility index (Phi) is 6.00. The number of ether oxygens (including phenoxy) is 1. The van der Waals surface area contributed by atoms with E-state index in [0.29, 0.717) is 24.0 Å². The van der Waals surface area contributed by atoms with Gasteiger partial charge in [0.05, 0.1) is 17.6 Å². The predicted molar refractivity (Wildman–Crippen MR) is 91.1 cm³/mol. The van der Waals surface area contributed by atoms with E-state index in [4.69, 9.17) is 0 Å². The Balaban J connectivity index is 2.19. The summed E-state index contributed by atoms with van der Waals surface area (Å²) >= 11 is 3.21. The van der Waals surface area contributed by atoms with Gasteiger partial charge in [-0.3, -0.25) is 4.79 Å². The van der Waals surface area contributed by atoms with Gasteiger partial charge in [0.15, 0.2) is 0 Å². The van der Waals surface area contributed by atoms with Crippen LogP contribution in [0.15, 0.2) is 27.6 Å². The topological polar surface area (TPSA) is 84.0 Å². The van der Waals surface area contributed by atoms with Crippen LogP contribution in [0.1, 0.15) is 23.2 Å². The van der Waals surface area contributed by atoms with Crippen LogP contribution in [0.3, 0.4) is 0 Å². The van der Waals surface area contributed by atoms with Gasteiger partial charge in [0, 0.05) is 37.6 Å². The molecule has 7 nitrogen and oxygen atoms in total. The molecular formula is C15H19BrN2O5S. The summed E-state index contributed by atoms with van der Waals surface area (Å²) in [6, 6.07) is 4.26. The first-order valence-electron chi connectivity index (χ1n) is 7.39. The van der Waals surface area contributed by atoms with Crippen molar-refractivity contribution in [3.63, 3.8) is 0 Å². The van der Waals surface area contributed by atoms with E-state index in [-0.39, 0.29) is 22.9 Å². The SMILES string of the molecule is COC(=O)c1ccc(Br)c(S(=O)(=O)N(C)CCN2CCCC2=O)c1. The summed E-state index contributed by atoms with van der Waals surface area (Å²) in [5.74, 6) is -0.557. The molecule has 24 heavy (non-hydrogen) atoms. The summed E-state index contributed by atoms with van der Waals surface area (Å²) in [6.45, 7) is 1.19. The van der Waals surface area contributed by atoms with Gasteiger partial charge in [-0.2, -0.15) is 4.31 Å². The smallest absolute Gasteiger partial charge is 0.337 e. The van der Waals surface area contributed by atoms with Gasteiger partial charge in [-0.15, -0.1) is 0 Å². The Morgan fingerprint density at radius 2 is 2.12 bits per heavy atom. The maximum Gasteiger partial charge on any atom is 0.337 e. The van der Waals surface area contributed by atoms with Crippen molar-refractivity contribution in [2.75, 3.05) is 33.8 Å². The maximum absolute atomic E-state index is 12.7. The Morgan fingerprint density at radius 1 is 1.42 bits per heavy atom. The van der Waals surface area contributed by atoms with Gasteiger partial charge >= 0.3 is 5.97 Å². The molecular weight excluding hydrogens is 400 g/mol. The van der Waals surface area contributed by atoms with Crippen molar-refractivity contribution in [1.82, 2.24) is 9.21 Å². The highest BCUT2D eigenvalue weighted by atomic mass is 79.9. The highest BCUT2D eigenvalue weighted by Crippen LogP contribution is 2.26. The molecule has 1 amide bonds. The molecule has 1 fully saturated rings. The van der Waals surface area contributed by atoms with Crippen LogP contribution in [0, 0.1) is 0 Å². The number of hydrogen-bond acceptors (Lipinski definition) is 5. The highest BCUT2D eigenvalue weighted by Gasteiger charge is 2.27. The highest BCUT2D eigenvalue weighted by molar-refractivity contribution is 9.10. The molecule has 0 bridgehead atoms. The minimum atomic E-state index is -3.80. The molecule has 0 N–H and O–H groups in total. The summed E-state index contributed by atoms with van der Waals surface area (Å²) in [7, 11) is -1.12. The van der Waals surface area contributed by atoms with Gasteiger partial charge in [-0.1, -0.05) is 0 Å². The van der Waals surface area contributed by atoms with Crippen molar-refractivity contribution >= 4 is 37.8 Å². The molecule has 0 spiro atoms. The second kappa shape index (κ2) is 7.62. The van der Waals surface area contributed by atoms with E-state index in [0.717, 1.165) is 6.42 Å². The Labute approximate surface area is 149 Å². The summed E-state index contributed by atoms with van der Waals surface area (Å²) in [5.41, 5.74) is 0.155. The average Bonchev–Trinajstić information content (AvgIpc) is 2.97. The molecule has 0 saturated carbocycles. The molecule has 2 rings (SSSR count).